The monoisotopic (exact) mass is 323 g/mol. The molecule has 0 aliphatic rings. The number of rotatable bonds is 5. The standard InChI is InChI=1S/C10H18BrN3O2S/c1-7(6-17(4,15)16)12-5-9-10(11)8(2)13-14(9)3/h7,12H,5-6H2,1-4H3. The van der Waals surface area contributed by atoms with E-state index in [1.54, 1.807) is 4.68 Å². The molecule has 0 aromatic carbocycles. The summed E-state index contributed by atoms with van der Waals surface area (Å²) in [7, 11) is -1.07. The Bertz CT molecular complexity index is 496. The average Bonchev–Trinajstić information content (AvgIpc) is 2.36. The maximum Gasteiger partial charge on any atom is 0.148 e. The van der Waals surface area contributed by atoms with Crippen molar-refractivity contribution in [1.29, 1.82) is 0 Å². The van der Waals surface area contributed by atoms with Crippen molar-refractivity contribution < 1.29 is 8.42 Å². The number of hydrogen-bond donors (Lipinski definition) is 1. The second kappa shape index (κ2) is 5.49. The van der Waals surface area contributed by atoms with Gasteiger partial charge in [0.2, 0.25) is 0 Å². The first-order valence-corrected chi connectivity index (χ1v) is 8.15. The molecular formula is C10H18BrN3O2S. The van der Waals surface area contributed by atoms with Crippen molar-refractivity contribution in [2.75, 3.05) is 12.0 Å². The minimum absolute atomic E-state index is 0.0768. The summed E-state index contributed by atoms with van der Waals surface area (Å²) in [6.45, 7) is 4.38. The van der Waals surface area contributed by atoms with Gasteiger partial charge in [-0.15, -0.1) is 0 Å². The molecular weight excluding hydrogens is 306 g/mol. The third kappa shape index (κ3) is 4.40. The molecule has 17 heavy (non-hydrogen) atoms. The molecule has 1 aromatic rings. The lowest BCUT2D eigenvalue weighted by Gasteiger charge is -2.12. The third-order valence-corrected chi connectivity index (χ3v) is 4.57. The van der Waals surface area contributed by atoms with Crippen LogP contribution in [0.5, 0.6) is 0 Å². The van der Waals surface area contributed by atoms with Crippen molar-refractivity contribution in [2.24, 2.45) is 7.05 Å². The van der Waals surface area contributed by atoms with Crippen LogP contribution >= 0.6 is 15.9 Å². The van der Waals surface area contributed by atoms with Gasteiger partial charge in [-0.05, 0) is 29.8 Å². The lowest BCUT2D eigenvalue weighted by Crippen LogP contribution is -2.32. The first-order valence-electron chi connectivity index (χ1n) is 5.30. The van der Waals surface area contributed by atoms with Crippen LogP contribution in [0.1, 0.15) is 18.3 Å². The second-order valence-electron chi connectivity index (χ2n) is 4.34. The Kier molecular flexibility index (Phi) is 4.74. The fraction of sp³-hybridized carbons (Fsp3) is 0.700. The number of nitrogens with one attached hydrogen (secondary N) is 1. The highest BCUT2D eigenvalue weighted by Gasteiger charge is 2.13. The van der Waals surface area contributed by atoms with Crippen LogP contribution in [0.3, 0.4) is 0 Å². The number of halogens is 1. The van der Waals surface area contributed by atoms with Crippen molar-refractivity contribution in [2.45, 2.75) is 26.4 Å². The van der Waals surface area contributed by atoms with Gasteiger partial charge in [-0.25, -0.2) is 8.42 Å². The van der Waals surface area contributed by atoms with E-state index >= 15 is 0 Å². The van der Waals surface area contributed by atoms with Crippen LogP contribution in [0, 0.1) is 6.92 Å². The van der Waals surface area contributed by atoms with Crippen molar-refractivity contribution in [3.8, 4) is 0 Å². The summed E-state index contributed by atoms with van der Waals surface area (Å²) in [6, 6.07) is -0.0768. The van der Waals surface area contributed by atoms with E-state index in [0.717, 1.165) is 15.9 Å². The molecule has 98 valence electrons. The maximum absolute atomic E-state index is 11.1. The van der Waals surface area contributed by atoms with E-state index in [0.29, 0.717) is 6.54 Å². The normalized spacial score (nSPS) is 13.9. The van der Waals surface area contributed by atoms with Crippen molar-refractivity contribution in [3.63, 3.8) is 0 Å². The summed E-state index contributed by atoms with van der Waals surface area (Å²) in [5.41, 5.74) is 1.95. The highest BCUT2D eigenvalue weighted by atomic mass is 79.9. The smallest absolute Gasteiger partial charge is 0.148 e. The first-order chi connectivity index (χ1) is 7.70. The van der Waals surface area contributed by atoms with Crippen LogP contribution < -0.4 is 5.32 Å². The highest BCUT2D eigenvalue weighted by molar-refractivity contribution is 9.10. The number of hydrogen-bond acceptors (Lipinski definition) is 4. The van der Waals surface area contributed by atoms with Gasteiger partial charge in [-0.2, -0.15) is 5.10 Å². The van der Waals surface area contributed by atoms with Crippen LogP contribution in [0.2, 0.25) is 0 Å². The summed E-state index contributed by atoms with van der Waals surface area (Å²) in [5.74, 6) is 0.140. The zero-order valence-corrected chi connectivity index (χ0v) is 12.9. The molecule has 0 saturated heterocycles. The summed E-state index contributed by atoms with van der Waals surface area (Å²) < 4.78 is 25.0. The molecule has 0 spiro atoms. The molecule has 1 N–H and O–H groups in total. The predicted octanol–water partition coefficient (Wildman–Crippen LogP) is 1.01. The number of nitrogens with zero attached hydrogens (tertiary/aromatic N) is 2. The Morgan fingerprint density at radius 1 is 1.53 bits per heavy atom. The minimum Gasteiger partial charge on any atom is -0.308 e. The largest absolute Gasteiger partial charge is 0.308 e. The van der Waals surface area contributed by atoms with E-state index in [-0.39, 0.29) is 11.8 Å². The van der Waals surface area contributed by atoms with Crippen LogP contribution in [-0.2, 0) is 23.4 Å². The number of aromatic nitrogens is 2. The molecule has 0 fully saturated rings. The molecule has 1 heterocycles. The highest BCUT2D eigenvalue weighted by Crippen LogP contribution is 2.19. The molecule has 0 saturated carbocycles. The molecule has 1 rings (SSSR count). The Labute approximate surface area is 111 Å². The first kappa shape index (κ1) is 14.7. The molecule has 0 aliphatic heterocycles. The predicted molar refractivity (Wildman–Crippen MR) is 71.7 cm³/mol. The fourth-order valence-electron chi connectivity index (χ4n) is 1.66. The molecule has 5 nitrogen and oxygen atoms in total. The third-order valence-electron chi connectivity index (χ3n) is 2.43. The molecule has 1 atom stereocenters. The molecule has 0 radical (unpaired) electrons. The van der Waals surface area contributed by atoms with Gasteiger partial charge in [0.25, 0.3) is 0 Å². The molecule has 1 unspecified atom stereocenters. The van der Waals surface area contributed by atoms with E-state index in [9.17, 15) is 8.42 Å². The number of sulfone groups is 1. The zero-order chi connectivity index (χ0) is 13.2. The van der Waals surface area contributed by atoms with Gasteiger partial charge in [-0.1, -0.05) is 0 Å². The van der Waals surface area contributed by atoms with Crippen LogP contribution in [0.15, 0.2) is 4.47 Å². The Hall–Kier alpha value is -0.400. The van der Waals surface area contributed by atoms with E-state index in [4.69, 9.17) is 0 Å². The minimum atomic E-state index is -2.94. The zero-order valence-electron chi connectivity index (χ0n) is 10.5. The molecule has 0 aliphatic carbocycles. The Morgan fingerprint density at radius 3 is 2.53 bits per heavy atom. The lowest BCUT2D eigenvalue weighted by atomic mass is 10.3. The summed E-state index contributed by atoms with van der Waals surface area (Å²) in [5, 5.41) is 7.46. The lowest BCUT2D eigenvalue weighted by molar-refractivity contribution is 0.543. The molecule has 1 aromatic heterocycles. The topological polar surface area (TPSA) is 64.0 Å². The van der Waals surface area contributed by atoms with E-state index < -0.39 is 9.84 Å². The van der Waals surface area contributed by atoms with E-state index in [1.165, 1.54) is 6.26 Å². The Balaban J connectivity index is 2.62. The number of aryl methyl sites for hydroxylation is 2. The second-order valence-corrected chi connectivity index (χ2v) is 7.32. The van der Waals surface area contributed by atoms with E-state index in [1.807, 2.05) is 20.9 Å². The van der Waals surface area contributed by atoms with Gasteiger partial charge in [0.05, 0.1) is 21.6 Å². The maximum atomic E-state index is 11.1. The van der Waals surface area contributed by atoms with Crippen LogP contribution in [-0.4, -0.2) is 36.2 Å². The van der Waals surface area contributed by atoms with Crippen LogP contribution in [0.4, 0.5) is 0 Å². The van der Waals surface area contributed by atoms with Gasteiger partial charge < -0.3 is 5.32 Å². The van der Waals surface area contributed by atoms with Gasteiger partial charge in [-0.3, -0.25) is 4.68 Å². The summed E-state index contributed by atoms with van der Waals surface area (Å²) >= 11 is 3.47. The van der Waals surface area contributed by atoms with E-state index in [2.05, 4.69) is 26.3 Å². The average molecular weight is 324 g/mol. The quantitative estimate of drug-likeness (QED) is 0.878. The SMILES string of the molecule is Cc1nn(C)c(CNC(C)CS(C)(=O)=O)c1Br. The van der Waals surface area contributed by atoms with Crippen molar-refractivity contribution >= 4 is 25.8 Å². The Morgan fingerprint density at radius 2 is 2.12 bits per heavy atom. The van der Waals surface area contributed by atoms with Gasteiger partial charge in [0, 0.05) is 25.9 Å². The van der Waals surface area contributed by atoms with Gasteiger partial charge in [0.1, 0.15) is 9.84 Å². The van der Waals surface area contributed by atoms with Crippen molar-refractivity contribution in [1.82, 2.24) is 15.1 Å². The van der Waals surface area contributed by atoms with Crippen LogP contribution in [0.25, 0.3) is 0 Å². The summed E-state index contributed by atoms with van der Waals surface area (Å²) in [4.78, 5) is 0. The summed E-state index contributed by atoms with van der Waals surface area (Å²) in [6.07, 6.45) is 1.25. The van der Waals surface area contributed by atoms with Crippen molar-refractivity contribution in [3.05, 3.63) is 15.9 Å². The van der Waals surface area contributed by atoms with Gasteiger partial charge in [0.15, 0.2) is 0 Å². The van der Waals surface area contributed by atoms with Gasteiger partial charge >= 0.3 is 0 Å². The molecule has 0 amide bonds. The molecule has 7 heteroatoms. The molecule has 0 bridgehead atoms. The fourth-order valence-corrected chi connectivity index (χ4v) is 3.16.